The van der Waals surface area contributed by atoms with Gasteiger partial charge in [-0.25, -0.2) is 9.37 Å². The second-order valence-corrected chi connectivity index (χ2v) is 3.96. The van der Waals surface area contributed by atoms with Crippen molar-refractivity contribution in [3.63, 3.8) is 0 Å². The van der Waals surface area contributed by atoms with E-state index in [1.165, 1.54) is 23.5 Å². The number of nitrogens with two attached hydrogens (primary N) is 1. The largest absolute Gasteiger partial charge is 0.271 e. The van der Waals surface area contributed by atoms with Gasteiger partial charge in [-0.15, -0.1) is 11.3 Å². The molecule has 0 fully saturated rings. The molecule has 0 radical (unpaired) electrons. The van der Waals surface area contributed by atoms with E-state index in [1.807, 2.05) is 5.38 Å². The number of aromatic nitrogens is 1. The molecule has 2 rings (SSSR count). The summed E-state index contributed by atoms with van der Waals surface area (Å²) in [4.78, 5) is 4.35. The second-order valence-electron chi connectivity index (χ2n) is 3.01. The van der Waals surface area contributed by atoms with Crippen molar-refractivity contribution in [2.45, 2.75) is 6.54 Å². The number of hydrogen-bond donors (Lipinski definition) is 2. The van der Waals surface area contributed by atoms with Crippen LogP contribution in [0.3, 0.4) is 0 Å². The Bertz CT molecular complexity index is 438. The lowest BCUT2D eigenvalue weighted by molar-refractivity contribution is 0.628. The molecule has 1 heterocycles. The highest BCUT2D eigenvalue weighted by molar-refractivity contribution is 7.09. The van der Waals surface area contributed by atoms with Crippen molar-refractivity contribution < 1.29 is 4.39 Å². The summed E-state index contributed by atoms with van der Waals surface area (Å²) in [7, 11) is 0. The first-order valence-electron chi connectivity index (χ1n) is 4.43. The average Bonchev–Trinajstić information content (AvgIpc) is 2.68. The van der Waals surface area contributed by atoms with Crippen molar-refractivity contribution >= 4 is 11.3 Å². The topological polar surface area (TPSA) is 50.9 Å². The zero-order valence-corrected chi connectivity index (χ0v) is 8.72. The van der Waals surface area contributed by atoms with E-state index in [0.29, 0.717) is 6.54 Å². The fraction of sp³-hybridized carbons (Fsp3) is 0.100. The predicted octanol–water partition coefficient (Wildman–Crippen LogP) is 1.91. The number of halogens is 1. The number of rotatable bonds is 3. The summed E-state index contributed by atoms with van der Waals surface area (Å²) in [5, 5.41) is 2.84. The molecule has 0 bridgehead atoms. The van der Waals surface area contributed by atoms with Crippen LogP contribution < -0.4 is 11.3 Å². The molecule has 0 aliphatic carbocycles. The maximum atomic E-state index is 12.7. The van der Waals surface area contributed by atoms with Gasteiger partial charge in [-0.05, 0) is 24.3 Å². The predicted molar refractivity (Wildman–Crippen MR) is 58.5 cm³/mol. The van der Waals surface area contributed by atoms with E-state index in [4.69, 9.17) is 5.84 Å². The minimum Gasteiger partial charge on any atom is -0.271 e. The van der Waals surface area contributed by atoms with Crippen molar-refractivity contribution in [1.82, 2.24) is 10.4 Å². The molecular weight excluding hydrogens is 213 g/mol. The molecule has 2 aromatic rings. The molecule has 0 amide bonds. The highest BCUT2D eigenvalue weighted by atomic mass is 32.1. The van der Waals surface area contributed by atoms with Crippen LogP contribution in [0.25, 0.3) is 11.3 Å². The van der Waals surface area contributed by atoms with E-state index in [0.717, 1.165) is 16.3 Å². The number of benzene rings is 1. The summed E-state index contributed by atoms with van der Waals surface area (Å²) in [5.74, 6) is 4.96. The highest BCUT2D eigenvalue weighted by Crippen LogP contribution is 2.21. The lowest BCUT2D eigenvalue weighted by Crippen LogP contribution is -2.20. The van der Waals surface area contributed by atoms with E-state index < -0.39 is 0 Å². The molecule has 5 heteroatoms. The van der Waals surface area contributed by atoms with Gasteiger partial charge in [-0.1, -0.05) is 0 Å². The van der Waals surface area contributed by atoms with E-state index in [-0.39, 0.29) is 5.82 Å². The van der Waals surface area contributed by atoms with Crippen molar-refractivity contribution in [2.24, 2.45) is 5.84 Å². The van der Waals surface area contributed by atoms with Gasteiger partial charge in [0.2, 0.25) is 0 Å². The molecule has 0 atom stereocenters. The molecule has 0 saturated heterocycles. The lowest BCUT2D eigenvalue weighted by Gasteiger charge is -1.95. The van der Waals surface area contributed by atoms with Crippen LogP contribution in [0.1, 0.15) is 5.01 Å². The standard InChI is InChI=1S/C10H10FN3S/c11-8-3-1-7(2-4-8)9-6-15-10(14-9)5-13-12/h1-4,6,13H,5,12H2. The molecule has 0 unspecified atom stereocenters. The molecule has 78 valence electrons. The van der Waals surface area contributed by atoms with E-state index >= 15 is 0 Å². The monoisotopic (exact) mass is 223 g/mol. The van der Waals surface area contributed by atoms with Gasteiger partial charge in [0, 0.05) is 10.9 Å². The van der Waals surface area contributed by atoms with Gasteiger partial charge in [-0.3, -0.25) is 11.3 Å². The van der Waals surface area contributed by atoms with Crippen LogP contribution >= 0.6 is 11.3 Å². The van der Waals surface area contributed by atoms with E-state index in [2.05, 4.69) is 10.4 Å². The number of nitrogens with one attached hydrogen (secondary N) is 1. The molecule has 0 aliphatic rings. The van der Waals surface area contributed by atoms with Crippen LogP contribution in [0.15, 0.2) is 29.6 Å². The Morgan fingerprint density at radius 1 is 1.33 bits per heavy atom. The highest BCUT2D eigenvalue weighted by Gasteiger charge is 2.03. The first-order valence-corrected chi connectivity index (χ1v) is 5.31. The summed E-state index contributed by atoms with van der Waals surface area (Å²) in [6.45, 7) is 0.547. The zero-order valence-electron chi connectivity index (χ0n) is 7.90. The second kappa shape index (κ2) is 4.48. The van der Waals surface area contributed by atoms with Gasteiger partial charge < -0.3 is 0 Å². The molecule has 3 N–H and O–H groups in total. The maximum absolute atomic E-state index is 12.7. The van der Waals surface area contributed by atoms with E-state index in [9.17, 15) is 4.39 Å². The van der Waals surface area contributed by atoms with Crippen LogP contribution in [-0.4, -0.2) is 4.98 Å². The van der Waals surface area contributed by atoms with Gasteiger partial charge >= 0.3 is 0 Å². The summed E-state index contributed by atoms with van der Waals surface area (Å²) in [5.41, 5.74) is 4.31. The SMILES string of the molecule is NNCc1nc(-c2ccc(F)cc2)cs1. The van der Waals surface area contributed by atoms with Crippen LogP contribution in [0, 0.1) is 5.82 Å². The molecule has 3 nitrogen and oxygen atoms in total. The van der Waals surface area contributed by atoms with E-state index in [1.54, 1.807) is 12.1 Å². The van der Waals surface area contributed by atoms with Crippen LogP contribution in [0.5, 0.6) is 0 Å². The Morgan fingerprint density at radius 3 is 2.73 bits per heavy atom. The summed E-state index contributed by atoms with van der Waals surface area (Å²) in [6, 6.07) is 6.28. The van der Waals surface area contributed by atoms with Crippen molar-refractivity contribution in [1.29, 1.82) is 0 Å². The molecule has 0 aliphatic heterocycles. The third-order valence-corrected chi connectivity index (χ3v) is 2.79. The fourth-order valence-corrected chi connectivity index (χ4v) is 1.99. The van der Waals surface area contributed by atoms with Gasteiger partial charge in [0.05, 0.1) is 12.2 Å². The Morgan fingerprint density at radius 2 is 2.07 bits per heavy atom. The zero-order chi connectivity index (χ0) is 10.7. The minimum absolute atomic E-state index is 0.238. The van der Waals surface area contributed by atoms with Gasteiger partial charge in [0.25, 0.3) is 0 Å². The average molecular weight is 223 g/mol. The third-order valence-electron chi connectivity index (χ3n) is 1.95. The smallest absolute Gasteiger partial charge is 0.123 e. The molecule has 1 aromatic carbocycles. The maximum Gasteiger partial charge on any atom is 0.123 e. The van der Waals surface area contributed by atoms with Gasteiger partial charge in [-0.2, -0.15) is 0 Å². The first-order chi connectivity index (χ1) is 7.29. The molecular formula is C10H10FN3S. The number of hydrogen-bond acceptors (Lipinski definition) is 4. The van der Waals surface area contributed by atoms with Crippen LogP contribution in [0.4, 0.5) is 4.39 Å². The number of thiazole rings is 1. The number of hydrazine groups is 1. The quantitative estimate of drug-likeness (QED) is 0.617. The molecule has 0 saturated carbocycles. The summed E-state index contributed by atoms with van der Waals surface area (Å²) in [6.07, 6.45) is 0. The number of nitrogens with zero attached hydrogens (tertiary/aromatic N) is 1. The van der Waals surface area contributed by atoms with Gasteiger partial charge in [0.1, 0.15) is 10.8 Å². The van der Waals surface area contributed by atoms with Gasteiger partial charge in [0.15, 0.2) is 0 Å². The summed E-state index contributed by atoms with van der Waals surface area (Å²) >= 11 is 1.53. The van der Waals surface area contributed by atoms with Crippen LogP contribution in [-0.2, 0) is 6.54 Å². The first kappa shape index (κ1) is 10.2. The fourth-order valence-electron chi connectivity index (χ4n) is 1.23. The molecule has 0 spiro atoms. The summed E-state index contributed by atoms with van der Waals surface area (Å²) < 4.78 is 12.7. The minimum atomic E-state index is -0.238. The van der Waals surface area contributed by atoms with Crippen molar-refractivity contribution in [2.75, 3.05) is 0 Å². The normalized spacial score (nSPS) is 10.5. The van der Waals surface area contributed by atoms with Crippen molar-refractivity contribution in [3.05, 3.63) is 40.5 Å². The Hall–Kier alpha value is -1.30. The molecule has 15 heavy (non-hydrogen) atoms. The Labute approximate surface area is 90.7 Å². The lowest BCUT2D eigenvalue weighted by atomic mass is 10.2. The third kappa shape index (κ3) is 2.38. The Kier molecular flexibility index (Phi) is 3.05. The van der Waals surface area contributed by atoms with Crippen molar-refractivity contribution in [3.8, 4) is 11.3 Å². The Balaban J connectivity index is 2.25. The molecule has 1 aromatic heterocycles. The van der Waals surface area contributed by atoms with Crippen LogP contribution in [0.2, 0.25) is 0 Å².